The van der Waals surface area contributed by atoms with E-state index in [9.17, 15) is 19.2 Å². The van der Waals surface area contributed by atoms with Crippen molar-refractivity contribution in [2.45, 2.75) is 79.3 Å². The zero-order valence-corrected chi connectivity index (χ0v) is 20.7. The van der Waals surface area contributed by atoms with Crippen molar-refractivity contribution in [2.24, 2.45) is 11.8 Å². The standard InChI is InChI=1S/C26H34O8/c1-14(2)10-23(32-17(5)27)25(33-18(6)28)22-13-31-26(34-19(7)29)24-16(4)12-20(30)11-15(3)8-9-21(22)24/h10-11,13,21,23-26H,4,8-9,12H2,1-3,5-7H3/b15-11+. The lowest BCUT2D eigenvalue weighted by Crippen LogP contribution is -2.45. The van der Waals surface area contributed by atoms with Gasteiger partial charge in [0.2, 0.25) is 6.29 Å². The number of fused-ring (bicyclic) bond motifs is 1. The predicted molar refractivity (Wildman–Crippen MR) is 124 cm³/mol. The van der Waals surface area contributed by atoms with Gasteiger partial charge in [0.15, 0.2) is 18.0 Å². The minimum atomic E-state index is -0.987. The van der Waals surface area contributed by atoms with Crippen molar-refractivity contribution in [3.05, 3.63) is 47.3 Å². The number of carbonyl (C=O) groups is 4. The van der Waals surface area contributed by atoms with Crippen LogP contribution in [0.4, 0.5) is 0 Å². The number of allylic oxidation sites excluding steroid dienone is 3. The molecule has 2 rings (SSSR count). The molecular formula is C26H34O8. The summed E-state index contributed by atoms with van der Waals surface area (Å²) in [5.74, 6) is -2.64. The minimum absolute atomic E-state index is 0.0620. The highest BCUT2D eigenvalue weighted by Gasteiger charge is 2.45. The summed E-state index contributed by atoms with van der Waals surface area (Å²) in [6.45, 7) is 13.5. The number of ketones is 1. The van der Waals surface area contributed by atoms with Crippen LogP contribution >= 0.6 is 0 Å². The summed E-state index contributed by atoms with van der Waals surface area (Å²) in [6.07, 6.45) is 3.06. The zero-order chi connectivity index (χ0) is 25.6. The molecule has 5 atom stereocenters. The Balaban J connectivity index is 2.63. The fraction of sp³-hybridized carbons (Fsp3) is 0.538. The highest BCUT2D eigenvalue weighted by atomic mass is 16.7. The van der Waals surface area contributed by atoms with Crippen LogP contribution in [0.15, 0.2) is 47.3 Å². The van der Waals surface area contributed by atoms with Gasteiger partial charge in [-0.05, 0) is 45.8 Å². The van der Waals surface area contributed by atoms with E-state index in [0.29, 0.717) is 24.0 Å². The van der Waals surface area contributed by atoms with Gasteiger partial charge < -0.3 is 18.9 Å². The van der Waals surface area contributed by atoms with Crippen LogP contribution in [0, 0.1) is 11.8 Å². The number of hydrogen-bond acceptors (Lipinski definition) is 8. The SMILES string of the molecule is C=C1CC(=O)/C=C(\C)CCC2C(C(OC(C)=O)C(C=C(C)C)OC(C)=O)=COC(OC(C)=O)C12. The molecule has 0 spiro atoms. The molecule has 8 heteroatoms. The first-order valence-electron chi connectivity index (χ1n) is 11.3. The number of ether oxygens (including phenoxy) is 4. The first-order chi connectivity index (χ1) is 15.9. The molecule has 0 aromatic rings. The van der Waals surface area contributed by atoms with Crippen molar-refractivity contribution in [1.82, 2.24) is 0 Å². The smallest absolute Gasteiger partial charge is 0.305 e. The average molecular weight is 475 g/mol. The Labute approximate surface area is 200 Å². The van der Waals surface area contributed by atoms with Crippen LogP contribution in [0.3, 0.4) is 0 Å². The summed E-state index contributed by atoms with van der Waals surface area (Å²) in [6, 6.07) is 0. The molecule has 2 aliphatic rings. The van der Waals surface area contributed by atoms with Gasteiger partial charge in [0.25, 0.3) is 0 Å². The van der Waals surface area contributed by atoms with Crippen molar-refractivity contribution in [1.29, 1.82) is 0 Å². The van der Waals surface area contributed by atoms with E-state index >= 15 is 0 Å². The Kier molecular flexibility index (Phi) is 9.41. The third-order valence-electron chi connectivity index (χ3n) is 5.62. The molecule has 0 N–H and O–H groups in total. The molecule has 186 valence electrons. The highest BCUT2D eigenvalue weighted by Crippen LogP contribution is 2.43. The first kappa shape index (κ1) is 27.1. The number of esters is 3. The molecule has 1 heterocycles. The van der Waals surface area contributed by atoms with Gasteiger partial charge in [0.1, 0.15) is 0 Å². The molecular weight excluding hydrogens is 440 g/mol. The summed E-state index contributed by atoms with van der Waals surface area (Å²) in [4.78, 5) is 48.2. The Hall–Kier alpha value is -3.16. The largest absolute Gasteiger partial charge is 0.462 e. The number of hydrogen-bond donors (Lipinski definition) is 0. The fourth-order valence-corrected chi connectivity index (χ4v) is 4.41. The van der Waals surface area contributed by atoms with Gasteiger partial charge in [0, 0.05) is 38.7 Å². The number of carbonyl (C=O) groups excluding carboxylic acids is 4. The lowest BCUT2D eigenvalue weighted by molar-refractivity contribution is -0.182. The lowest BCUT2D eigenvalue weighted by Gasteiger charge is -2.41. The van der Waals surface area contributed by atoms with Crippen LogP contribution in [0.25, 0.3) is 0 Å². The first-order valence-corrected chi connectivity index (χ1v) is 11.3. The minimum Gasteiger partial charge on any atom is -0.462 e. The van der Waals surface area contributed by atoms with Crippen molar-refractivity contribution < 1.29 is 38.1 Å². The topological polar surface area (TPSA) is 105 Å². The van der Waals surface area contributed by atoms with Crippen LogP contribution in [0.5, 0.6) is 0 Å². The molecule has 0 saturated heterocycles. The average Bonchev–Trinajstić information content (AvgIpc) is 2.73. The normalized spacial score (nSPS) is 25.9. The summed E-state index contributed by atoms with van der Waals surface area (Å²) in [5.41, 5.74) is 2.87. The third-order valence-corrected chi connectivity index (χ3v) is 5.62. The summed E-state index contributed by atoms with van der Waals surface area (Å²) in [7, 11) is 0. The van der Waals surface area contributed by atoms with E-state index in [0.717, 1.165) is 11.1 Å². The Bertz CT molecular complexity index is 934. The summed E-state index contributed by atoms with van der Waals surface area (Å²) in [5, 5.41) is 0. The third kappa shape index (κ3) is 7.43. The number of rotatable bonds is 6. The van der Waals surface area contributed by atoms with Crippen LogP contribution < -0.4 is 0 Å². The van der Waals surface area contributed by atoms with Crippen molar-refractivity contribution in [3.8, 4) is 0 Å². The van der Waals surface area contributed by atoms with Gasteiger partial charge in [-0.1, -0.05) is 23.3 Å². The van der Waals surface area contributed by atoms with Crippen LogP contribution in [0.2, 0.25) is 0 Å². The van der Waals surface area contributed by atoms with Gasteiger partial charge >= 0.3 is 17.9 Å². The van der Waals surface area contributed by atoms with Gasteiger partial charge in [-0.2, -0.15) is 0 Å². The highest BCUT2D eigenvalue weighted by molar-refractivity contribution is 5.92. The van der Waals surface area contributed by atoms with E-state index in [1.807, 2.05) is 20.8 Å². The van der Waals surface area contributed by atoms with Gasteiger partial charge in [-0.15, -0.1) is 0 Å². The molecule has 1 aliphatic carbocycles. The summed E-state index contributed by atoms with van der Waals surface area (Å²) < 4.78 is 22.5. The molecule has 1 aliphatic heterocycles. The van der Waals surface area contributed by atoms with Gasteiger partial charge in [-0.25, -0.2) is 0 Å². The Morgan fingerprint density at radius 2 is 1.74 bits per heavy atom. The lowest BCUT2D eigenvalue weighted by atomic mass is 9.74. The maximum absolute atomic E-state index is 12.5. The molecule has 0 radical (unpaired) electrons. The van der Waals surface area contributed by atoms with E-state index in [1.165, 1.54) is 27.0 Å². The molecule has 0 amide bonds. The van der Waals surface area contributed by atoms with Crippen molar-refractivity contribution >= 4 is 23.7 Å². The quantitative estimate of drug-likeness (QED) is 0.322. The molecule has 0 aromatic carbocycles. The molecule has 0 bridgehead atoms. The Morgan fingerprint density at radius 1 is 1.09 bits per heavy atom. The second kappa shape index (κ2) is 11.8. The maximum atomic E-state index is 12.5. The molecule has 34 heavy (non-hydrogen) atoms. The second-order valence-corrected chi connectivity index (χ2v) is 9.04. The molecule has 0 aromatic heterocycles. The predicted octanol–water partition coefficient (Wildman–Crippen LogP) is 4.11. The molecule has 0 saturated carbocycles. The molecule has 0 fully saturated rings. The second-order valence-electron chi connectivity index (χ2n) is 9.04. The Morgan fingerprint density at radius 3 is 2.29 bits per heavy atom. The van der Waals surface area contributed by atoms with Crippen molar-refractivity contribution in [3.63, 3.8) is 0 Å². The van der Waals surface area contributed by atoms with Gasteiger partial charge in [-0.3, -0.25) is 19.2 Å². The van der Waals surface area contributed by atoms with Crippen LogP contribution in [0.1, 0.15) is 60.8 Å². The fourth-order valence-electron chi connectivity index (χ4n) is 4.41. The van der Waals surface area contributed by atoms with E-state index in [4.69, 9.17) is 18.9 Å². The van der Waals surface area contributed by atoms with E-state index in [2.05, 4.69) is 6.58 Å². The zero-order valence-electron chi connectivity index (χ0n) is 20.7. The van der Waals surface area contributed by atoms with Crippen molar-refractivity contribution in [2.75, 3.05) is 0 Å². The van der Waals surface area contributed by atoms with Crippen LogP contribution in [-0.2, 0) is 38.1 Å². The molecule has 8 nitrogen and oxygen atoms in total. The molecule has 5 unspecified atom stereocenters. The summed E-state index contributed by atoms with van der Waals surface area (Å²) >= 11 is 0. The van der Waals surface area contributed by atoms with E-state index in [1.54, 1.807) is 12.2 Å². The van der Waals surface area contributed by atoms with Gasteiger partial charge in [0.05, 0.1) is 12.2 Å². The van der Waals surface area contributed by atoms with Crippen LogP contribution in [-0.4, -0.2) is 42.2 Å². The maximum Gasteiger partial charge on any atom is 0.305 e. The monoisotopic (exact) mass is 474 g/mol. The van der Waals surface area contributed by atoms with E-state index in [-0.39, 0.29) is 18.1 Å². The van der Waals surface area contributed by atoms with E-state index < -0.39 is 42.3 Å².